The van der Waals surface area contributed by atoms with E-state index >= 15 is 0 Å². The molecule has 1 saturated heterocycles. The molecular weight excluding hydrogens is 464 g/mol. The topological polar surface area (TPSA) is 149 Å². The van der Waals surface area contributed by atoms with E-state index in [1.54, 1.807) is 10.8 Å². The monoisotopic (exact) mass is 487 g/mol. The van der Waals surface area contributed by atoms with Crippen LogP contribution in [0.1, 0.15) is 17.3 Å². The van der Waals surface area contributed by atoms with Gasteiger partial charge in [0.2, 0.25) is 5.79 Å². The number of rotatable bonds is 7. The fraction of sp³-hybridized carbons (Fsp3) is 0.500. The zero-order valence-corrected chi connectivity index (χ0v) is 18.0. The lowest BCUT2D eigenvalue weighted by Crippen LogP contribution is -2.50. The number of hydrogen-bond acceptors (Lipinski definition) is 8. The van der Waals surface area contributed by atoms with Crippen LogP contribution in [-0.2, 0) is 22.4 Å². The first kappa shape index (κ1) is 23.7. The van der Waals surface area contributed by atoms with E-state index in [-0.39, 0.29) is 31.5 Å². The molecule has 2 aliphatic rings. The van der Waals surface area contributed by atoms with Crippen molar-refractivity contribution in [2.75, 3.05) is 19.7 Å². The molecule has 0 radical (unpaired) electrons. The van der Waals surface area contributed by atoms with E-state index in [4.69, 9.17) is 26.8 Å². The lowest BCUT2D eigenvalue weighted by molar-refractivity contribution is -0.226. The lowest BCUT2D eigenvalue weighted by Gasteiger charge is -2.28. The molecule has 2 aromatic rings. The summed E-state index contributed by atoms with van der Waals surface area (Å²) in [6.45, 7) is 0.0707. The molecule has 13 heteroatoms. The first-order valence-electron chi connectivity index (χ1n) is 10.2. The number of carboxylic acids is 1. The number of aliphatic hydroxyl groups excluding tert-OH is 2. The number of ether oxygens (including phenoxy) is 2. The number of nitrogens with one attached hydrogen (secondary N) is 2. The summed E-state index contributed by atoms with van der Waals surface area (Å²) in [5.74, 6) is -5.19. The van der Waals surface area contributed by atoms with Crippen molar-refractivity contribution in [1.29, 1.82) is 0 Å². The van der Waals surface area contributed by atoms with Crippen LogP contribution in [0.15, 0.2) is 18.3 Å². The number of halogens is 2. The summed E-state index contributed by atoms with van der Waals surface area (Å²) >= 11 is 5.36. The Bertz CT molecular complexity index is 1110. The number of aromatic amines is 1. The lowest BCUT2D eigenvalue weighted by atomic mass is 10.0. The molecule has 1 fully saturated rings. The largest absolute Gasteiger partial charge is 0.488 e. The molecule has 1 aromatic carbocycles. The molecule has 10 nitrogen and oxygen atoms in total. The van der Waals surface area contributed by atoms with Gasteiger partial charge in [-0.05, 0) is 18.3 Å². The van der Waals surface area contributed by atoms with Crippen molar-refractivity contribution >= 4 is 18.2 Å². The molecule has 5 unspecified atom stereocenters. The van der Waals surface area contributed by atoms with Crippen LogP contribution in [0.4, 0.5) is 8.78 Å². The van der Waals surface area contributed by atoms with E-state index < -0.39 is 41.7 Å². The van der Waals surface area contributed by atoms with Crippen molar-refractivity contribution in [3.05, 3.63) is 46.0 Å². The number of H-pyrrole nitrogens is 1. The maximum Gasteiger partial charge on any atom is 0.335 e. The number of aliphatic hydroxyl groups is 3. The van der Waals surface area contributed by atoms with Crippen molar-refractivity contribution in [3.8, 4) is 5.75 Å². The Hall–Kier alpha value is -2.42. The summed E-state index contributed by atoms with van der Waals surface area (Å²) in [4.78, 5) is 14.0. The number of benzene rings is 1. The highest BCUT2D eigenvalue weighted by Gasteiger charge is 2.55. The summed E-state index contributed by atoms with van der Waals surface area (Å²) in [6.07, 6.45) is -2.93. The third-order valence-electron chi connectivity index (χ3n) is 5.82. The maximum atomic E-state index is 13.9. The van der Waals surface area contributed by atoms with Gasteiger partial charge < -0.3 is 44.8 Å². The van der Waals surface area contributed by atoms with E-state index in [1.165, 1.54) is 6.07 Å². The number of carboxylic acid groups (broad SMARTS) is 1. The van der Waals surface area contributed by atoms with Gasteiger partial charge in [-0.15, -0.1) is 0 Å². The molecule has 2 aliphatic heterocycles. The van der Waals surface area contributed by atoms with Crippen LogP contribution in [0.25, 0.3) is 0 Å². The summed E-state index contributed by atoms with van der Waals surface area (Å²) < 4.78 is 40.2. The molecule has 6 N–H and O–H groups in total. The third kappa shape index (κ3) is 4.52. The number of hydrogen-bond donors (Lipinski definition) is 6. The van der Waals surface area contributed by atoms with Crippen molar-refractivity contribution in [2.45, 2.75) is 43.0 Å². The standard InChI is InChI=1S/C20H23F2N3O7S/c21-10-3-9-4-12(7-31-15(9)13(22)5-10)25-11(6-24-19(25)33)1-2-23-8-20(30)17(27)14(26)16(32-20)18(28)29/h3,5-6,12,14,16-17,23,26-27,30H,1-2,4,7-8H2,(H,24,33)(H,28,29). The van der Waals surface area contributed by atoms with Gasteiger partial charge in [-0.25, -0.2) is 13.6 Å². The predicted molar refractivity (Wildman–Crippen MR) is 110 cm³/mol. The minimum absolute atomic E-state index is 0.0307. The van der Waals surface area contributed by atoms with Gasteiger partial charge in [0, 0.05) is 42.9 Å². The van der Waals surface area contributed by atoms with Crippen molar-refractivity contribution in [3.63, 3.8) is 0 Å². The van der Waals surface area contributed by atoms with E-state index in [0.717, 1.165) is 11.8 Å². The molecule has 5 atom stereocenters. The van der Waals surface area contributed by atoms with E-state index in [2.05, 4.69) is 10.3 Å². The molecule has 3 heterocycles. The quantitative estimate of drug-likeness (QED) is 0.235. The smallest absolute Gasteiger partial charge is 0.335 e. The average Bonchev–Trinajstić information content (AvgIpc) is 3.23. The van der Waals surface area contributed by atoms with Gasteiger partial charge in [-0.3, -0.25) is 0 Å². The fourth-order valence-electron chi connectivity index (χ4n) is 4.21. The van der Waals surface area contributed by atoms with Crippen LogP contribution < -0.4 is 10.1 Å². The first-order valence-corrected chi connectivity index (χ1v) is 10.6. The molecule has 33 heavy (non-hydrogen) atoms. The Morgan fingerprint density at radius 2 is 2.12 bits per heavy atom. The normalized spacial score (nSPS) is 29.0. The Morgan fingerprint density at radius 1 is 1.36 bits per heavy atom. The minimum atomic E-state index is -2.27. The zero-order chi connectivity index (χ0) is 23.9. The van der Waals surface area contributed by atoms with Crippen LogP contribution in [0.2, 0.25) is 0 Å². The molecule has 0 amide bonds. The predicted octanol–water partition coefficient (Wildman–Crippen LogP) is 0.0260. The van der Waals surface area contributed by atoms with Gasteiger partial charge in [0.15, 0.2) is 22.4 Å². The SMILES string of the molecule is O=C(O)C1OC(O)(CNCCc2c[nH]c(=S)n2C2COc3c(F)cc(F)cc3C2)C(O)C1O. The summed E-state index contributed by atoms with van der Waals surface area (Å²) in [5.41, 5.74) is 1.15. The molecule has 0 spiro atoms. The Balaban J connectivity index is 1.39. The molecule has 4 rings (SSSR count). The van der Waals surface area contributed by atoms with Crippen LogP contribution in [0.3, 0.4) is 0 Å². The van der Waals surface area contributed by atoms with Crippen LogP contribution in [-0.4, -0.2) is 79.7 Å². The number of nitrogens with zero attached hydrogens (tertiary/aromatic N) is 1. The Kier molecular flexibility index (Phi) is 6.53. The van der Waals surface area contributed by atoms with Crippen LogP contribution in [0.5, 0.6) is 5.75 Å². The van der Waals surface area contributed by atoms with Gasteiger partial charge in [0.25, 0.3) is 0 Å². The second-order valence-electron chi connectivity index (χ2n) is 8.08. The van der Waals surface area contributed by atoms with Crippen molar-refractivity contribution in [1.82, 2.24) is 14.9 Å². The zero-order valence-electron chi connectivity index (χ0n) is 17.2. The number of aromatic nitrogens is 2. The summed E-state index contributed by atoms with van der Waals surface area (Å²) in [6, 6.07) is 1.70. The second-order valence-corrected chi connectivity index (χ2v) is 8.47. The van der Waals surface area contributed by atoms with Gasteiger partial charge >= 0.3 is 5.97 Å². The Morgan fingerprint density at radius 3 is 2.82 bits per heavy atom. The molecule has 0 aliphatic carbocycles. The van der Waals surface area contributed by atoms with Crippen molar-refractivity contribution in [2.24, 2.45) is 0 Å². The molecule has 0 bridgehead atoms. The average molecular weight is 487 g/mol. The third-order valence-corrected chi connectivity index (χ3v) is 6.14. The van der Waals surface area contributed by atoms with Gasteiger partial charge in [-0.1, -0.05) is 0 Å². The van der Waals surface area contributed by atoms with Gasteiger partial charge in [-0.2, -0.15) is 0 Å². The highest BCUT2D eigenvalue weighted by Crippen LogP contribution is 2.33. The maximum absolute atomic E-state index is 13.9. The van der Waals surface area contributed by atoms with E-state index in [1.807, 2.05) is 0 Å². The van der Waals surface area contributed by atoms with Crippen molar-refractivity contribution < 1.29 is 43.5 Å². The fourth-order valence-corrected chi connectivity index (χ4v) is 4.54. The number of fused-ring (bicyclic) bond motifs is 1. The second kappa shape index (κ2) is 9.08. The van der Waals surface area contributed by atoms with Gasteiger partial charge in [0.05, 0.1) is 12.6 Å². The van der Waals surface area contributed by atoms with E-state index in [9.17, 15) is 28.9 Å². The summed E-state index contributed by atoms with van der Waals surface area (Å²) in [5, 5.41) is 42.0. The number of carbonyl (C=O) groups is 1. The van der Waals surface area contributed by atoms with Crippen LogP contribution in [0, 0.1) is 16.4 Å². The molecule has 1 aromatic heterocycles. The highest BCUT2D eigenvalue weighted by molar-refractivity contribution is 7.71. The van der Waals surface area contributed by atoms with E-state index in [0.29, 0.717) is 23.2 Å². The molecular formula is C20H23F2N3O7S. The minimum Gasteiger partial charge on any atom is -0.488 e. The number of aliphatic carboxylic acids is 1. The number of imidazole rings is 1. The van der Waals surface area contributed by atoms with Crippen LogP contribution >= 0.6 is 12.2 Å². The molecule has 180 valence electrons. The summed E-state index contributed by atoms with van der Waals surface area (Å²) in [7, 11) is 0. The Labute approximate surface area is 191 Å². The van der Waals surface area contributed by atoms with Gasteiger partial charge in [0.1, 0.15) is 24.6 Å². The first-order chi connectivity index (χ1) is 15.6. The molecule has 0 saturated carbocycles. The highest BCUT2D eigenvalue weighted by atomic mass is 32.1.